The average Bonchev–Trinajstić information content (AvgIpc) is 2.63. The van der Waals surface area contributed by atoms with E-state index in [0.717, 1.165) is 22.1 Å². The summed E-state index contributed by atoms with van der Waals surface area (Å²) in [6, 6.07) is 15.0. The van der Waals surface area contributed by atoms with Gasteiger partial charge in [-0.3, -0.25) is 15.0 Å². The third-order valence-corrected chi connectivity index (χ3v) is 4.47. The molecule has 3 rings (SSSR count). The number of para-hydroxylation sites is 1. The van der Waals surface area contributed by atoms with Gasteiger partial charge in [-0.1, -0.05) is 41.1 Å². The number of benzene rings is 2. The van der Waals surface area contributed by atoms with Crippen LogP contribution in [-0.4, -0.2) is 11.8 Å². The van der Waals surface area contributed by atoms with Gasteiger partial charge in [0.15, 0.2) is 0 Å². The van der Waals surface area contributed by atoms with Crippen LogP contribution < -0.4 is 15.8 Å². The molecule has 0 bridgehead atoms. The Balaban J connectivity index is 1.77. The molecule has 2 aromatic carbocycles. The lowest BCUT2D eigenvalue weighted by Gasteiger charge is -2.28. The van der Waals surface area contributed by atoms with E-state index in [0.29, 0.717) is 11.4 Å². The third kappa shape index (κ3) is 3.91. The van der Waals surface area contributed by atoms with Gasteiger partial charge in [0.25, 0.3) is 5.91 Å². The topological polar surface area (TPSA) is 61.4 Å². The summed E-state index contributed by atoms with van der Waals surface area (Å²) < 4.78 is 0.922. The molecule has 0 spiro atoms. The molecule has 0 aliphatic carbocycles. The number of aryl methyl sites for hydroxylation is 1. The van der Waals surface area contributed by atoms with Crippen LogP contribution >= 0.6 is 15.9 Å². The van der Waals surface area contributed by atoms with Gasteiger partial charge in [-0.25, -0.2) is 5.01 Å². The second kappa shape index (κ2) is 7.53. The van der Waals surface area contributed by atoms with Gasteiger partial charge >= 0.3 is 0 Å². The molecule has 1 heterocycles. The number of nitrogens with zero attached hydrogens (tertiary/aromatic N) is 1. The van der Waals surface area contributed by atoms with Crippen LogP contribution in [0, 0.1) is 0 Å². The zero-order valence-electron chi connectivity index (χ0n) is 13.8. The Morgan fingerprint density at radius 2 is 1.92 bits per heavy atom. The van der Waals surface area contributed by atoms with Crippen molar-refractivity contribution in [2.24, 2.45) is 0 Å². The molecular weight excluding hydrogens is 382 g/mol. The number of rotatable bonds is 4. The van der Waals surface area contributed by atoms with Crippen molar-refractivity contribution in [3.63, 3.8) is 0 Å². The molecule has 0 saturated carbocycles. The molecule has 1 aliphatic heterocycles. The van der Waals surface area contributed by atoms with E-state index in [2.05, 4.69) is 26.7 Å². The van der Waals surface area contributed by atoms with Crippen molar-refractivity contribution in [3.05, 3.63) is 70.3 Å². The smallest absolute Gasteiger partial charge is 0.273 e. The summed E-state index contributed by atoms with van der Waals surface area (Å²) in [4.78, 5) is 24.8. The maximum absolute atomic E-state index is 12.6. The first-order valence-electron chi connectivity index (χ1n) is 8.03. The minimum atomic E-state index is -0.268. The average molecular weight is 400 g/mol. The van der Waals surface area contributed by atoms with E-state index in [-0.39, 0.29) is 18.2 Å². The Morgan fingerprint density at radius 3 is 2.64 bits per heavy atom. The Kier molecular flexibility index (Phi) is 5.19. The van der Waals surface area contributed by atoms with E-state index in [9.17, 15) is 9.59 Å². The highest BCUT2D eigenvalue weighted by molar-refractivity contribution is 9.10. The number of hydrogen-bond acceptors (Lipinski definition) is 3. The van der Waals surface area contributed by atoms with Crippen LogP contribution in [0.5, 0.6) is 0 Å². The van der Waals surface area contributed by atoms with Crippen LogP contribution in [0.15, 0.2) is 64.8 Å². The maximum atomic E-state index is 12.6. The molecule has 5 nitrogen and oxygen atoms in total. The highest BCUT2D eigenvalue weighted by Crippen LogP contribution is 2.21. The van der Waals surface area contributed by atoms with Crippen LogP contribution in [0.1, 0.15) is 18.9 Å². The lowest BCUT2D eigenvalue weighted by molar-refractivity contribution is -0.119. The Hall–Kier alpha value is -2.60. The molecular formula is C19H18BrN3O2. The van der Waals surface area contributed by atoms with Gasteiger partial charge in [0.05, 0.1) is 5.69 Å². The molecule has 0 aromatic heterocycles. The number of carbonyl (C=O) groups is 2. The molecule has 25 heavy (non-hydrogen) atoms. The van der Waals surface area contributed by atoms with Crippen molar-refractivity contribution in [1.82, 2.24) is 5.43 Å². The van der Waals surface area contributed by atoms with Crippen molar-refractivity contribution in [3.8, 4) is 0 Å². The van der Waals surface area contributed by atoms with E-state index >= 15 is 0 Å². The normalized spacial score (nSPS) is 13.9. The minimum absolute atomic E-state index is 0.118. The second-order valence-electron chi connectivity index (χ2n) is 5.60. The highest BCUT2D eigenvalue weighted by Gasteiger charge is 2.24. The molecule has 128 valence electrons. The van der Waals surface area contributed by atoms with Crippen LogP contribution in [0.4, 0.5) is 11.4 Å². The van der Waals surface area contributed by atoms with Gasteiger partial charge in [-0.15, -0.1) is 0 Å². The number of carbonyl (C=O) groups excluding carboxylic acids is 2. The first-order chi connectivity index (χ1) is 12.1. The second-order valence-corrected chi connectivity index (χ2v) is 6.52. The number of hydrogen-bond donors (Lipinski definition) is 2. The predicted molar refractivity (Wildman–Crippen MR) is 102 cm³/mol. The van der Waals surface area contributed by atoms with Gasteiger partial charge in [0.1, 0.15) is 5.70 Å². The summed E-state index contributed by atoms with van der Waals surface area (Å²) >= 11 is 3.37. The van der Waals surface area contributed by atoms with Crippen LogP contribution in [-0.2, 0) is 16.0 Å². The SMILES string of the molecule is CCc1ccccc1NC(=O)C1=CCC(=O)N(c2ccc(Br)cc2)N1. The molecule has 2 aromatic rings. The van der Waals surface area contributed by atoms with E-state index in [4.69, 9.17) is 0 Å². The molecule has 0 atom stereocenters. The van der Waals surface area contributed by atoms with Crippen LogP contribution in [0.2, 0.25) is 0 Å². The third-order valence-electron chi connectivity index (χ3n) is 3.94. The first kappa shape index (κ1) is 17.2. The first-order valence-corrected chi connectivity index (χ1v) is 8.82. The van der Waals surface area contributed by atoms with Crippen molar-refractivity contribution < 1.29 is 9.59 Å². The Morgan fingerprint density at radius 1 is 1.20 bits per heavy atom. The summed E-state index contributed by atoms with van der Waals surface area (Å²) in [6.45, 7) is 2.04. The summed E-state index contributed by atoms with van der Waals surface area (Å²) in [5.74, 6) is -0.386. The number of anilines is 2. The Labute approximate surface area is 154 Å². The van der Waals surface area contributed by atoms with Gasteiger partial charge in [-0.05, 0) is 48.4 Å². The molecule has 0 unspecified atom stereocenters. The minimum Gasteiger partial charge on any atom is -0.320 e. The number of halogens is 1. The van der Waals surface area contributed by atoms with E-state index in [1.165, 1.54) is 5.01 Å². The molecule has 6 heteroatoms. The standard InChI is InChI=1S/C19H18BrN3O2/c1-2-13-5-3-4-6-16(13)21-19(25)17-11-12-18(24)23(22-17)15-9-7-14(20)8-10-15/h3-11,22H,2,12H2,1H3,(H,21,25). The summed E-state index contributed by atoms with van der Waals surface area (Å²) in [5, 5.41) is 4.31. The number of hydrazine groups is 1. The quantitative estimate of drug-likeness (QED) is 0.822. The Bertz CT molecular complexity index is 831. The largest absolute Gasteiger partial charge is 0.320 e. The van der Waals surface area contributed by atoms with Crippen molar-refractivity contribution in [2.45, 2.75) is 19.8 Å². The molecule has 0 radical (unpaired) electrons. The van der Waals surface area contributed by atoms with Gasteiger partial charge in [0, 0.05) is 16.6 Å². The molecule has 0 fully saturated rings. The number of amides is 2. The summed E-state index contributed by atoms with van der Waals surface area (Å²) in [7, 11) is 0. The zero-order chi connectivity index (χ0) is 17.8. The van der Waals surface area contributed by atoms with Crippen molar-refractivity contribution in [1.29, 1.82) is 0 Å². The summed E-state index contributed by atoms with van der Waals surface area (Å²) in [6.07, 6.45) is 2.61. The zero-order valence-corrected chi connectivity index (χ0v) is 15.3. The number of nitrogens with one attached hydrogen (secondary N) is 2. The highest BCUT2D eigenvalue weighted by atomic mass is 79.9. The molecule has 2 N–H and O–H groups in total. The fourth-order valence-electron chi connectivity index (χ4n) is 2.59. The monoisotopic (exact) mass is 399 g/mol. The lowest BCUT2D eigenvalue weighted by Crippen LogP contribution is -2.47. The van der Waals surface area contributed by atoms with Gasteiger partial charge < -0.3 is 5.32 Å². The fraction of sp³-hybridized carbons (Fsp3) is 0.158. The molecule has 0 saturated heterocycles. The van der Waals surface area contributed by atoms with Crippen LogP contribution in [0.3, 0.4) is 0 Å². The van der Waals surface area contributed by atoms with E-state index in [1.54, 1.807) is 6.08 Å². The van der Waals surface area contributed by atoms with E-state index in [1.807, 2.05) is 55.5 Å². The lowest BCUT2D eigenvalue weighted by atomic mass is 10.1. The van der Waals surface area contributed by atoms with Gasteiger partial charge in [-0.2, -0.15) is 0 Å². The fourth-order valence-corrected chi connectivity index (χ4v) is 2.86. The summed E-state index contributed by atoms with van der Waals surface area (Å²) in [5.41, 5.74) is 5.80. The molecule has 1 aliphatic rings. The molecule has 2 amide bonds. The maximum Gasteiger partial charge on any atom is 0.273 e. The van der Waals surface area contributed by atoms with Crippen molar-refractivity contribution in [2.75, 3.05) is 10.3 Å². The predicted octanol–water partition coefficient (Wildman–Crippen LogP) is 3.78. The van der Waals surface area contributed by atoms with Crippen molar-refractivity contribution >= 4 is 39.1 Å². The van der Waals surface area contributed by atoms with Gasteiger partial charge in [0.2, 0.25) is 5.91 Å². The van der Waals surface area contributed by atoms with E-state index < -0.39 is 0 Å². The van der Waals surface area contributed by atoms with Crippen LogP contribution in [0.25, 0.3) is 0 Å².